The van der Waals surface area contributed by atoms with Crippen LogP contribution in [0, 0.1) is 0 Å². The second-order valence-corrected chi connectivity index (χ2v) is 14.6. The number of H-pyrrole nitrogens is 1. The molecule has 0 saturated carbocycles. The van der Waals surface area contributed by atoms with Gasteiger partial charge in [-0.25, -0.2) is 27.9 Å². The minimum Gasteiger partial charge on any atom is -0.444 e. The molecule has 2 amide bonds. The monoisotopic (exact) mass is 662 g/mol. The number of nitrogens with zero attached hydrogens (tertiary/aromatic N) is 3. The van der Waals surface area contributed by atoms with Crippen molar-refractivity contribution in [2.45, 2.75) is 70.1 Å². The van der Waals surface area contributed by atoms with Crippen molar-refractivity contribution in [1.82, 2.24) is 30.3 Å². The van der Waals surface area contributed by atoms with Crippen LogP contribution in [0.1, 0.15) is 64.5 Å². The molecule has 1 atom stereocenters. The Morgan fingerprint density at radius 1 is 1.13 bits per heavy atom. The van der Waals surface area contributed by atoms with Crippen LogP contribution in [0.3, 0.4) is 0 Å². The smallest absolute Gasteiger partial charge is 0.408 e. The summed E-state index contributed by atoms with van der Waals surface area (Å²) in [6.45, 7) is 6.64. The van der Waals surface area contributed by atoms with E-state index in [9.17, 15) is 18.0 Å². The van der Waals surface area contributed by atoms with Crippen LogP contribution in [0.15, 0.2) is 42.9 Å². The van der Waals surface area contributed by atoms with Crippen molar-refractivity contribution in [3.63, 3.8) is 0 Å². The standard InChI is InChI=1S/C30H43ClN8O5S/c1-29(2,3)44-28(41)38-30(12-17-39(18-13-30)26-23-10-15-33-25(23)34-20-35-26)27(40)37-24(21-6-8-22(31)9-7-21)11-16-36-45(42,43)19-5-4-14-32/h6-10,15,20,24,36H,4-5,11-14,16-19,32H2,1-3H3,(H,37,40)(H,38,41)(H,33,34,35)/t24-/m0/s1. The molecule has 15 heteroatoms. The van der Waals surface area contributed by atoms with Gasteiger partial charge in [-0.3, -0.25) is 4.79 Å². The van der Waals surface area contributed by atoms with Gasteiger partial charge in [-0.2, -0.15) is 0 Å². The van der Waals surface area contributed by atoms with Gasteiger partial charge >= 0.3 is 6.09 Å². The van der Waals surface area contributed by atoms with Crippen LogP contribution in [0.25, 0.3) is 11.0 Å². The molecule has 0 spiro atoms. The lowest BCUT2D eigenvalue weighted by Gasteiger charge is -2.42. The van der Waals surface area contributed by atoms with Gasteiger partial charge in [0.15, 0.2) is 0 Å². The van der Waals surface area contributed by atoms with E-state index in [-0.39, 0.29) is 31.6 Å². The van der Waals surface area contributed by atoms with Crippen molar-refractivity contribution in [2.75, 3.05) is 36.8 Å². The van der Waals surface area contributed by atoms with Crippen molar-refractivity contribution in [1.29, 1.82) is 0 Å². The number of halogens is 1. The van der Waals surface area contributed by atoms with Crippen LogP contribution in [0.5, 0.6) is 0 Å². The third-order valence-electron chi connectivity index (χ3n) is 7.62. The van der Waals surface area contributed by atoms with E-state index in [0.717, 1.165) is 16.8 Å². The van der Waals surface area contributed by atoms with Gasteiger partial charge in [-0.15, -0.1) is 0 Å². The minimum atomic E-state index is -3.51. The zero-order valence-corrected chi connectivity index (χ0v) is 27.5. The second-order valence-electron chi connectivity index (χ2n) is 12.2. The first kappa shape index (κ1) is 34.4. The highest BCUT2D eigenvalue weighted by molar-refractivity contribution is 7.89. The molecular weight excluding hydrogens is 620 g/mol. The second kappa shape index (κ2) is 14.8. The largest absolute Gasteiger partial charge is 0.444 e. The predicted octanol–water partition coefficient (Wildman–Crippen LogP) is 3.38. The van der Waals surface area contributed by atoms with Gasteiger partial charge in [-0.05, 0) is 83.2 Å². The molecule has 0 bridgehead atoms. The first-order valence-electron chi connectivity index (χ1n) is 15.1. The van der Waals surface area contributed by atoms with Crippen LogP contribution in [-0.4, -0.2) is 78.4 Å². The molecule has 6 N–H and O–H groups in total. The zero-order valence-electron chi connectivity index (χ0n) is 25.9. The molecule has 2 aromatic heterocycles. The number of alkyl carbamates (subject to hydrolysis) is 1. The number of amides is 2. The van der Waals surface area contributed by atoms with Gasteiger partial charge in [0.1, 0.15) is 28.9 Å². The molecule has 1 aliphatic heterocycles. The van der Waals surface area contributed by atoms with Gasteiger partial charge in [0.05, 0.1) is 17.2 Å². The van der Waals surface area contributed by atoms with Gasteiger partial charge in [0.25, 0.3) is 0 Å². The Bertz CT molecular complexity index is 1550. The summed E-state index contributed by atoms with van der Waals surface area (Å²) >= 11 is 6.13. The molecule has 1 fully saturated rings. The number of unbranched alkanes of at least 4 members (excludes halogenated alkanes) is 1. The van der Waals surface area contributed by atoms with E-state index >= 15 is 0 Å². The fraction of sp³-hybridized carbons (Fsp3) is 0.533. The number of fused-ring (bicyclic) bond motifs is 1. The van der Waals surface area contributed by atoms with Gasteiger partial charge in [0.2, 0.25) is 15.9 Å². The van der Waals surface area contributed by atoms with Crippen molar-refractivity contribution in [3.05, 3.63) is 53.4 Å². The Kier molecular flexibility index (Phi) is 11.3. The van der Waals surface area contributed by atoms with Crippen LogP contribution >= 0.6 is 11.6 Å². The number of carbonyl (C=O) groups excluding carboxylic acids is 2. The number of aromatic amines is 1. The lowest BCUT2D eigenvalue weighted by Crippen LogP contribution is -2.64. The number of rotatable bonds is 13. The Morgan fingerprint density at radius 3 is 2.51 bits per heavy atom. The number of hydrogen-bond acceptors (Lipinski definition) is 9. The molecule has 0 radical (unpaired) electrons. The third kappa shape index (κ3) is 9.52. The molecule has 1 aromatic carbocycles. The molecule has 3 heterocycles. The molecule has 0 aliphatic carbocycles. The molecule has 246 valence electrons. The summed E-state index contributed by atoms with van der Waals surface area (Å²) in [5.74, 6) is 0.321. The van der Waals surface area contributed by atoms with E-state index in [0.29, 0.717) is 43.1 Å². The van der Waals surface area contributed by atoms with Gasteiger partial charge in [0, 0.05) is 30.9 Å². The number of aromatic nitrogens is 3. The zero-order chi connectivity index (χ0) is 32.7. The Hall–Kier alpha value is -3.46. The highest BCUT2D eigenvalue weighted by atomic mass is 35.5. The van der Waals surface area contributed by atoms with Crippen LogP contribution < -0.4 is 26.0 Å². The number of hydrogen-bond donors (Lipinski definition) is 5. The third-order valence-corrected chi connectivity index (χ3v) is 9.35. The average Bonchev–Trinajstić information content (AvgIpc) is 3.46. The molecule has 4 rings (SSSR count). The molecule has 45 heavy (non-hydrogen) atoms. The number of sulfonamides is 1. The van der Waals surface area contributed by atoms with Crippen LogP contribution in [0.2, 0.25) is 5.02 Å². The van der Waals surface area contributed by atoms with Crippen molar-refractivity contribution >= 4 is 50.5 Å². The normalized spacial score (nSPS) is 15.9. The van der Waals surface area contributed by atoms with Gasteiger partial charge < -0.3 is 31.0 Å². The van der Waals surface area contributed by atoms with Crippen molar-refractivity contribution < 1.29 is 22.7 Å². The van der Waals surface area contributed by atoms with Crippen LogP contribution in [0.4, 0.5) is 10.6 Å². The Morgan fingerprint density at radius 2 is 1.84 bits per heavy atom. The van der Waals surface area contributed by atoms with Crippen LogP contribution in [-0.2, 0) is 19.6 Å². The molecule has 13 nitrogen and oxygen atoms in total. The van der Waals surface area contributed by atoms with E-state index in [1.165, 1.54) is 6.33 Å². The summed E-state index contributed by atoms with van der Waals surface area (Å²) in [5, 5.41) is 7.38. The number of piperidine rings is 1. The van der Waals surface area contributed by atoms with E-state index in [1.807, 2.05) is 6.07 Å². The maximum absolute atomic E-state index is 14.2. The lowest BCUT2D eigenvalue weighted by atomic mass is 9.85. The molecule has 1 aliphatic rings. The number of ether oxygens (including phenoxy) is 1. The minimum absolute atomic E-state index is 0.0248. The molecule has 1 saturated heterocycles. The summed E-state index contributed by atoms with van der Waals surface area (Å²) in [5.41, 5.74) is 4.89. The summed E-state index contributed by atoms with van der Waals surface area (Å²) in [7, 11) is -3.51. The maximum atomic E-state index is 14.2. The molecule has 3 aromatic rings. The number of nitrogens with two attached hydrogens (primary N) is 1. The summed E-state index contributed by atoms with van der Waals surface area (Å²) in [4.78, 5) is 41.2. The highest BCUT2D eigenvalue weighted by Crippen LogP contribution is 2.31. The number of carbonyl (C=O) groups is 2. The first-order valence-corrected chi connectivity index (χ1v) is 17.1. The lowest BCUT2D eigenvalue weighted by molar-refractivity contribution is -0.129. The summed E-state index contributed by atoms with van der Waals surface area (Å²) in [6.07, 6.45) is 4.48. The number of nitrogens with one attached hydrogen (secondary N) is 4. The average molecular weight is 663 g/mol. The number of benzene rings is 1. The molecular formula is C30H43ClN8O5S. The van der Waals surface area contributed by atoms with E-state index < -0.39 is 39.2 Å². The fourth-order valence-corrected chi connectivity index (χ4v) is 6.58. The van der Waals surface area contributed by atoms with Gasteiger partial charge in [-0.1, -0.05) is 23.7 Å². The van der Waals surface area contributed by atoms with E-state index in [4.69, 9.17) is 22.1 Å². The van der Waals surface area contributed by atoms with Crippen molar-refractivity contribution in [3.8, 4) is 0 Å². The summed E-state index contributed by atoms with van der Waals surface area (Å²) < 4.78 is 33.2. The highest BCUT2D eigenvalue weighted by Gasteiger charge is 2.45. The fourth-order valence-electron chi connectivity index (χ4n) is 5.30. The van der Waals surface area contributed by atoms with E-state index in [1.54, 1.807) is 51.2 Å². The van der Waals surface area contributed by atoms with E-state index in [2.05, 4.69) is 35.2 Å². The molecule has 0 unspecified atom stereocenters. The Labute approximate surface area is 269 Å². The maximum Gasteiger partial charge on any atom is 0.408 e. The SMILES string of the molecule is CC(C)(C)OC(=O)NC1(C(=O)N[C@@H](CCNS(=O)(=O)CCCCN)c2ccc(Cl)cc2)CCN(c2ncnc3[nH]ccc23)CC1. The predicted molar refractivity (Wildman–Crippen MR) is 174 cm³/mol. The number of anilines is 1. The first-order chi connectivity index (χ1) is 21.3. The Balaban J connectivity index is 1.54. The summed E-state index contributed by atoms with van der Waals surface area (Å²) in [6, 6.07) is 8.33. The van der Waals surface area contributed by atoms with Crippen molar-refractivity contribution in [2.24, 2.45) is 5.73 Å². The topological polar surface area (TPSA) is 184 Å². The quantitative estimate of drug-likeness (QED) is 0.171.